The highest BCUT2D eigenvalue weighted by Gasteiger charge is 2.25. The summed E-state index contributed by atoms with van der Waals surface area (Å²) in [5.41, 5.74) is 0. The minimum absolute atomic E-state index is 0.289. The number of hydrogen-bond acceptors (Lipinski definition) is 0. The van der Waals surface area contributed by atoms with Crippen molar-refractivity contribution in [2.24, 2.45) is 0 Å². The van der Waals surface area contributed by atoms with Crippen molar-refractivity contribution in [1.82, 2.24) is 0 Å². The van der Waals surface area contributed by atoms with E-state index >= 15 is 0 Å². The molecule has 10 heavy (non-hydrogen) atoms. The SMILES string of the molecule is CCCCCCC(F)(F)F. The summed E-state index contributed by atoms with van der Waals surface area (Å²) >= 11 is 0. The van der Waals surface area contributed by atoms with Crippen molar-refractivity contribution in [3.63, 3.8) is 0 Å². The molecular formula is C7H13F3. The fraction of sp³-hybridized carbons (Fsp3) is 1.00. The first-order valence-corrected chi connectivity index (χ1v) is 3.63. The van der Waals surface area contributed by atoms with E-state index in [1.54, 1.807) is 0 Å². The van der Waals surface area contributed by atoms with Gasteiger partial charge < -0.3 is 0 Å². The Hall–Kier alpha value is -0.210. The molecule has 0 atom stereocenters. The van der Waals surface area contributed by atoms with Crippen LogP contribution in [-0.4, -0.2) is 6.18 Å². The van der Waals surface area contributed by atoms with E-state index in [2.05, 4.69) is 0 Å². The van der Waals surface area contributed by atoms with Crippen LogP contribution < -0.4 is 0 Å². The van der Waals surface area contributed by atoms with Crippen LogP contribution in [0.2, 0.25) is 0 Å². The lowest BCUT2D eigenvalue weighted by molar-refractivity contribution is -0.135. The van der Waals surface area contributed by atoms with Gasteiger partial charge in [-0.15, -0.1) is 0 Å². The molecule has 3 heteroatoms. The van der Waals surface area contributed by atoms with Gasteiger partial charge in [0.05, 0.1) is 0 Å². The zero-order valence-electron chi connectivity index (χ0n) is 6.17. The van der Waals surface area contributed by atoms with Gasteiger partial charge in [-0.3, -0.25) is 0 Å². The molecule has 0 heterocycles. The molecule has 0 bridgehead atoms. The molecule has 0 nitrogen and oxygen atoms in total. The maximum absolute atomic E-state index is 11.5. The third kappa shape index (κ3) is 7.79. The van der Waals surface area contributed by atoms with Crippen LogP contribution in [0.15, 0.2) is 0 Å². The second-order valence-corrected chi connectivity index (χ2v) is 2.43. The molecule has 0 amide bonds. The van der Waals surface area contributed by atoms with Gasteiger partial charge in [0, 0.05) is 6.42 Å². The van der Waals surface area contributed by atoms with E-state index in [0.717, 1.165) is 12.8 Å². The van der Waals surface area contributed by atoms with Crippen LogP contribution in [-0.2, 0) is 0 Å². The van der Waals surface area contributed by atoms with Gasteiger partial charge in [-0.25, -0.2) is 0 Å². The highest BCUT2D eigenvalue weighted by molar-refractivity contribution is 4.50. The topological polar surface area (TPSA) is 0 Å². The largest absolute Gasteiger partial charge is 0.389 e. The molecule has 0 rings (SSSR count). The van der Waals surface area contributed by atoms with Gasteiger partial charge in [0.1, 0.15) is 0 Å². The quantitative estimate of drug-likeness (QED) is 0.543. The molecule has 0 saturated carbocycles. The average molecular weight is 154 g/mol. The van der Waals surface area contributed by atoms with Crippen molar-refractivity contribution in [1.29, 1.82) is 0 Å². The fourth-order valence-corrected chi connectivity index (χ4v) is 0.752. The zero-order chi connectivity index (χ0) is 8.04. The summed E-state index contributed by atoms with van der Waals surface area (Å²) in [6, 6.07) is 0. The van der Waals surface area contributed by atoms with Gasteiger partial charge in [0.25, 0.3) is 0 Å². The van der Waals surface area contributed by atoms with Crippen molar-refractivity contribution in [2.75, 3.05) is 0 Å². The summed E-state index contributed by atoms with van der Waals surface area (Å²) in [6.45, 7) is 1.98. The van der Waals surface area contributed by atoms with Crippen LogP contribution in [0.1, 0.15) is 39.0 Å². The maximum Gasteiger partial charge on any atom is 0.389 e. The van der Waals surface area contributed by atoms with Crippen molar-refractivity contribution in [3.05, 3.63) is 0 Å². The first kappa shape index (κ1) is 9.79. The second kappa shape index (κ2) is 4.58. The number of unbranched alkanes of at least 4 members (excludes halogenated alkanes) is 3. The molecule has 0 spiro atoms. The highest BCUT2D eigenvalue weighted by Crippen LogP contribution is 2.22. The van der Waals surface area contributed by atoms with E-state index in [1.165, 1.54) is 0 Å². The van der Waals surface area contributed by atoms with Gasteiger partial charge in [0.2, 0.25) is 0 Å². The standard InChI is InChI=1S/C7H13F3/c1-2-3-4-5-6-7(8,9)10/h2-6H2,1H3. The lowest BCUT2D eigenvalue weighted by Gasteiger charge is -2.03. The maximum atomic E-state index is 11.5. The normalized spacial score (nSPS) is 12.0. The van der Waals surface area contributed by atoms with Crippen molar-refractivity contribution < 1.29 is 13.2 Å². The average Bonchev–Trinajstić information content (AvgIpc) is 1.78. The molecule has 0 unspecified atom stereocenters. The minimum atomic E-state index is -3.95. The van der Waals surface area contributed by atoms with Gasteiger partial charge in [-0.2, -0.15) is 13.2 Å². The van der Waals surface area contributed by atoms with E-state index in [-0.39, 0.29) is 6.42 Å². The van der Waals surface area contributed by atoms with E-state index in [0.29, 0.717) is 6.42 Å². The summed E-state index contributed by atoms with van der Waals surface area (Å²) in [5, 5.41) is 0. The van der Waals surface area contributed by atoms with Crippen LogP contribution in [0.5, 0.6) is 0 Å². The van der Waals surface area contributed by atoms with Crippen molar-refractivity contribution >= 4 is 0 Å². The first-order valence-electron chi connectivity index (χ1n) is 3.63. The third-order valence-electron chi connectivity index (χ3n) is 1.31. The molecule has 0 aliphatic rings. The molecule has 0 saturated heterocycles. The lowest BCUT2D eigenvalue weighted by Crippen LogP contribution is -2.05. The smallest absolute Gasteiger partial charge is 0.171 e. The predicted molar refractivity (Wildman–Crippen MR) is 34.8 cm³/mol. The van der Waals surface area contributed by atoms with E-state index < -0.39 is 12.6 Å². The Morgan fingerprint density at radius 2 is 1.60 bits per heavy atom. The Morgan fingerprint density at radius 3 is 2.00 bits per heavy atom. The fourth-order valence-electron chi connectivity index (χ4n) is 0.752. The molecular weight excluding hydrogens is 141 g/mol. The highest BCUT2D eigenvalue weighted by atomic mass is 19.4. The summed E-state index contributed by atoms with van der Waals surface area (Å²) in [7, 11) is 0. The van der Waals surface area contributed by atoms with Crippen LogP contribution in [0.3, 0.4) is 0 Å². The summed E-state index contributed by atoms with van der Waals surface area (Å²) < 4.78 is 34.4. The van der Waals surface area contributed by atoms with E-state index in [9.17, 15) is 13.2 Å². The molecule has 0 aliphatic carbocycles. The number of alkyl halides is 3. The van der Waals surface area contributed by atoms with Gasteiger partial charge in [-0.1, -0.05) is 26.2 Å². The van der Waals surface area contributed by atoms with Crippen LogP contribution in [0.4, 0.5) is 13.2 Å². The Kier molecular flexibility index (Phi) is 4.49. The van der Waals surface area contributed by atoms with E-state index in [1.807, 2.05) is 6.92 Å². The van der Waals surface area contributed by atoms with Crippen LogP contribution in [0, 0.1) is 0 Å². The lowest BCUT2D eigenvalue weighted by atomic mass is 10.1. The number of halogens is 3. The molecule has 0 fully saturated rings. The first-order chi connectivity index (χ1) is 4.56. The Bertz CT molecular complexity index is 75.4. The van der Waals surface area contributed by atoms with E-state index in [4.69, 9.17) is 0 Å². The van der Waals surface area contributed by atoms with Crippen LogP contribution >= 0.6 is 0 Å². The molecule has 0 aromatic carbocycles. The Balaban J connectivity index is 3.04. The van der Waals surface area contributed by atoms with Crippen molar-refractivity contribution in [2.45, 2.75) is 45.2 Å². The minimum Gasteiger partial charge on any atom is -0.171 e. The Morgan fingerprint density at radius 1 is 1.00 bits per heavy atom. The number of rotatable bonds is 4. The third-order valence-corrected chi connectivity index (χ3v) is 1.31. The van der Waals surface area contributed by atoms with Gasteiger partial charge >= 0.3 is 6.18 Å². The molecule has 0 aromatic heterocycles. The predicted octanol–water partition coefficient (Wildman–Crippen LogP) is 3.52. The van der Waals surface area contributed by atoms with Gasteiger partial charge in [-0.05, 0) is 6.42 Å². The summed E-state index contributed by atoms with van der Waals surface area (Å²) in [4.78, 5) is 0. The second-order valence-electron chi connectivity index (χ2n) is 2.43. The molecule has 0 radical (unpaired) electrons. The molecule has 0 aromatic rings. The summed E-state index contributed by atoms with van der Waals surface area (Å²) in [5.74, 6) is 0. The van der Waals surface area contributed by atoms with Crippen LogP contribution in [0.25, 0.3) is 0 Å². The monoisotopic (exact) mass is 154 g/mol. The van der Waals surface area contributed by atoms with Gasteiger partial charge in [0.15, 0.2) is 0 Å². The molecule has 0 aliphatic heterocycles. The molecule has 0 N–H and O–H groups in total. The Labute approximate surface area is 59.4 Å². The number of hydrogen-bond donors (Lipinski definition) is 0. The van der Waals surface area contributed by atoms with Crippen molar-refractivity contribution in [3.8, 4) is 0 Å². The zero-order valence-corrected chi connectivity index (χ0v) is 6.17. The molecule has 62 valence electrons. The summed E-state index contributed by atoms with van der Waals surface area (Å²) in [6.07, 6.45) is -1.68.